The summed E-state index contributed by atoms with van der Waals surface area (Å²) in [6, 6.07) is 7.91. The van der Waals surface area contributed by atoms with Crippen molar-refractivity contribution < 1.29 is 5.11 Å². The Morgan fingerprint density at radius 1 is 1.33 bits per heavy atom. The van der Waals surface area contributed by atoms with Crippen LogP contribution in [0.2, 0.25) is 0 Å². The third-order valence-corrected chi connectivity index (χ3v) is 2.13. The molecule has 15 heavy (non-hydrogen) atoms. The van der Waals surface area contributed by atoms with Crippen LogP contribution in [0.25, 0.3) is 0 Å². The molecule has 4 N–H and O–H groups in total. The molecule has 0 unspecified atom stereocenters. The monoisotopic (exact) mass is 206 g/mol. The molecule has 3 nitrogen and oxygen atoms in total. The quantitative estimate of drug-likeness (QED) is 0.378. The molecule has 0 saturated heterocycles. The highest BCUT2D eigenvalue weighted by atomic mass is 16.3. The molecule has 0 bridgehead atoms. The third kappa shape index (κ3) is 5.08. The average Bonchev–Trinajstić information content (AvgIpc) is 2.20. The second-order valence-electron chi connectivity index (χ2n) is 3.59. The Balaban J connectivity index is 2.15. The van der Waals surface area contributed by atoms with Crippen LogP contribution in [0.3, 0.4) is 0 Å². The van der Waals surface area contributed by atoms with Crippen LogP contribution in [0.15, 0.2) is 36.6 Å². The molecule has 3 heteroatoms. The van der Waals surface area contributed by atoms with E-state index in [2.05, 4.69) is 11.9 Å². The Kier molecular flexibility index (Phi) is 4.71. The largest absolute Gasteiger partial charge is 0.512 e. The van der Waals surface area contributed by atoms with Gasteiger partial charge >= 0.3 is 0 Å². The first-order chi connectivity index (χ1) is 7.18. The zero-order valence-corrected chi connectivity index (χ0v) is 8.87. The summed E-state index contributed by atoms with van der Waals surface area (Å²) >= 11 is 0. The molecule has 1 aromatic rings. The summed E-state index contributed by atoms with van der Waals surface area (Å²) in [7, 11) is 0. The van der Waals surface area contributed by atoms with Crippen LogP contribution in [-0.2, 0) is 6.42 Å². The van der Waals surface area contributed by atoms with Gasteiger partial charge in [-0.25, -0.2) is 0 Å². The first kappa shape index (κ1) is 11.6. The van der Waals surface area contributed by atoms with Gasteiger partial charge in [-0.2, -0.15) is 0 Å². The number of benzene rings is 1. The topological polar surface area (TPSA) is 58.3 Å². The second-order valence-corrected chi connectivity index (χ2v) is 3.59. The van der Waals surface area contributed by atoms with E-state index in [-0.39, 0.29) is 5.76 Å². The third-order valence-electron chi connectivity index (χ3n) is 2.13. The second kappa shape index (κ2) is 6.09. The van der Waals surface area contributed by atoms with Gasteiger partial charge in [0.25, 0.3) is 0 Å². The minimum Gasteiger partial charge on any atom is -0.512 e. The molecule has 0 aromatic heterocycles. The highest BCUT2D eigenvalue weighted by Crippen LogP contribution is 2.07. The normalized spacial score (nSPS) is 10.1. The molecule has 0 fully saturated rings. The van der Waals surface area contributed by atoms with Crippen LogP contribution in [-0.4, -0.2) is 18.2 Å². The minimum atomic E-state index is 0.183. The maximum atomic E-state index is 8.83. The summed E-state index contributed by atoms with van der Waals surface area (Å²) < 4.78 is 0. The minimum absolute atomic E-state index is 0.183. The van der Waals surface area contributed by atoms with Gasteiger partial charge < -0.3 is 16.2 Å². The van der Waals surface area contributed by atoms with Crippen molar-refractivity contribution in [3.05, 3.63) is 42.2 Å². The molecule has 1 aromatic carbocycles. The molecule has 1 rings (SSSR count). The van der Waals surface area contributed by atoms with Gasteiger partial charge in [-0.05, 0) is 37.1 Å². The maximum absolute atomic E-state index is 8.83. The van der Waals surface area contributed by atoms with Gasteiger partial charge in [-0.1, -0.05) is 18.7 Å². The van der Waals surface area contributed by atoms with E-state index < -0.39 is 0 Å². The highest BCUT2D eigenvalue weighted by molar-refractivity contribution is 5.39. The van der Waals surface area contributed by atoms with Gasteiger partial charge in [-0.3, -0.25) is 0 Å². The van der Waals surface area contributed by atoms with E-state index in [9.17, 15) is 0 Å². The van der Waals surface area contributed by atoms with Crippen LogP contribution in [0, 0.1) is 0 Å². The van der Waals surface area contributed by atoms with Crippen molar-refractivity contribution in [2.24, 2.45) is 0 Å². The molecule has 0 heterocycles. The van der Waals surface area contributed by atoms with E-state index in [0.29, 0.717) is 6.54 Å². The average molecular weight is 206 g/mol. The molecule has 0 radical (unpaired) electrons. The molecule has 0 spiro atoms. The standard InChI is InChI=1S/C12H18N2O/c1-10(15)9-14-8-2-3-11-4-6-12(13)7-5-11/h4-7,14-15H,1-3,8-9,13H2. The number of nitrogens with one attached hydrogen (secondary N) is 1. The van der Waals surface area contributed by atoms with Crippen molar-refractivity contribution in [1.82, 2.24) is 5.32 Å². The van der Waals surface area contributed by atoms with E-state index in [4.69, 9.17) is 10.8 Å². The van der Waals surface area contributed by atoms with Crippen LogP contribution < -0.4 is 11.1 Å². The lowest BCUT2D eigenvalue weighted by molar-refractivity contribution is 0.391. The molecule has 82 valence electrons. The van der Waals surface area contributed by atoms with Gasteiger partial charge in [0, 0.05) is 5.69 Å². The zero-order valence-electron chi connectivity index (χ0n) is 8.87. The molecule has 0 aliphatic heterocycles. The summed E-state index contributed by atoms with van der Waals surface area (Å²) in [5.74, 6) is 0.183. The number of aliphatic hydroxyl groups is 1. The lowest BCUT2D eigenvalue weighted by atomic mass is 10.1. The fraction of sp³-hybridized carbons (Fsp3) is 0.333. The predicted octanol–water partition coefficient (Wildman–Crippen LogP) is 1.86. The number of aryl methyl sites for hydroxylation is 1. The summed E-state index contributed by atoms with van der Waals surface area (Å²) in [4.78, 5) is 0. The highest BCUT2D eigenvalue weighted by Gasteiger charge is 1.93. The van der Waals surface area contributed by atoms with Crippen LogP contribution in [0.5, 0.6) is 0 Å². The number of aliphatic hydroxyl groups excluding tert-OH is 1. The van der Waals surface area contributed by atoms with E-state index in [1.165, 1.54) is 5.56 Å². The molecular formula is C12H18N2O. The Bertz CT molecular complexity index is 306. The van der Waals surface area contributed by atoms with E-state index in [1.807, 2.05) is 24.3 Å². The summed E-state index contributed by atoms with van der Waals surface area (Å²) in [6.07, 6.45) is 2.06. The predicted molar refractivity (Wildman–Crippen MR) is 63.8 cm³/mol. The van der Waals surface area contributed by atoms with Crippen molar-refractivity contribution in [2.45, 2.75) is 12.8 Å². The van der Waals surface area contributed by atoms with Crippen molar-refractivity contribution in [1.29, 1.82) is 0 Å². The van der Waals surface area contributed by atoms with Crippen LogP contribution in [0.1, 0.15) is 12.0 Å². The lowest BCUT2D eigenvalue weighted by Crippen LogP contribution is -2.18. The fourth-order valence-corrected chi connectivity index (χ4v) is 1.33. The van der Waals surface area contributed by atoms with Crippen LogP contribution in [0.4, 0.5) is 5.69 Å². The molecular weight excluding hydrogens is 188 g/mol. The zero-order chi connectivity index (χ0) is 11.1. The van der Waals surface area contributed by atoms with Crippen molar-refractivity contribution in [3.63, 3.8) is 0 Å². The van der Waals surface area contributed by atoms with Gasteiger partial charge in [0.15, 0.2) is 0 Å². The summed E-state index contributed by atoms with van der Waals surface area (Å²) in [6.45, 7) is 4.75. The van der Waals surface area contributed by atoms with Crippen molar-refractivity contribution in [3.8, 4) is 0 Å². The lowest BCUT2D eigenvalue weighted by Gasteiger charge is -2.04. The Hall–Kier alpha value is -1.48. The SMILES string of the molecule is C=C(O)CNCCCc1ccc(N)cc1. The fourth-order valence-electron chi connectivity index (χ4n) is 1.33. The number of rotatable bonds is 6. The summed E-state index contributed by atoms with van der Waals surface area (Å²) in [5, 5.41) is 11.9. The van der Waals surface area contributed by atoms with Crippen LogP contribution >= 0.6 is 0 Å². The Labute approximate surface area is 90.6 Å². The molecule has 0 atom stereocenters. The van der Waals surface area contributed by atoms with Gasteiger partial charge in [0.1, 0.15) is 0 Å². The maximum Gasteiger partial charge on any atom is 0.0988 e. The molecule has 0 aliphatic rings. The first-order valence-electron chi connectivity index (χ1n) is 5.10. The van der Waals surface area contributed by atoms with E-state index in [1.54, 1.807) is 0 Å². The van der Waals surface area contributed by atoms with Gasteiger partial charge in [0.2, 0.25) is 0 Å². The molecule has 0 saturated carbocycles. The van der Waals surface area contributed by atoms with Crippen molar-refractivity contribution in [2.75, 3.05) is 18.8 Å². The first-order valence-corrected chi connectivity index (χ1v) is 5.10. The van der Waals surface area contributed by atoms with Gasteiger partial charge in [-0.15, -0.1) is 0 Å². The number of nitrogens with two attached hydrogens (primary N) is 1. The number of hydrogen-bond donors (Lipinski definition) is 3. The Morgan fingerprint density at radius 2 is 2.00 bits per heavy atom. The number of nitrogen functional groups attached to an aromatic ring is 1. The number of hydrogen-bond acceptors (Lipinski definition) is 3. The Morgan fingerprint density at radius 3 is 2.60 bits per heavy atom. The number of anilines is 1. The molecule has 0 aliphatic carbocycles. The van der Waals surface area contributed by atoms with E-state index in [0.717, 1.165) is 25.1 Å². The summed E-state index contributed by atoms with van der Waals surface area (Å²) in [5.41, 5.74) is 7.67. The van der Waals surface area contributed by atoms with Gasteiger partial charge in [0.05, 0.1) is 12.3 Å². The smallest absolute Gasteiger partial charge is 0.0988 e. The van der Waals surface area contributed by atoms with E-state index >= 15 is 0 Å². The molecule has 0 amide bonds. The van der Waals surface area contributed by atoms with Crippen molar-refractivity contribution >= 4 is 5.69 Å².